The second-order valence-electron chi connectivity index (χ2n) is 7.56. The van der Waals surface area contributed by atoms with Gasteiger partial charge >= 0.3 is 0 Å². The van der Waals surface area contributed by atoms with E-state index in [2.05, 4.69) is 68.3 Å². The van der Waals surface area contributed by atoms with Crippen LogP contribution >= 0.6 is 31.9 Å². The second kappa shape index (κ2) is 6.63. The molecule has 0 heterocycles. The summed E-state index contributed by atoms with van der Waals surface area (Å²) in [4.78, 5) is 13.9. The molecule has 30 heavy (non-hydrogen) atoms. The molecule has 142 valence electrons. The first kappa shape index (κ1) is 18.1. The van der Waals surface area contributed by atoms with E-state index in [9.17, 15) is 4.79 Å². The quantitative estimate of drug-likeness (QED) is 0.267. The molecular formula is C27H14Br2O. The molecule has 4 aromatic carbocycles. The van der Waals surface area contributed by atoms with Gasteiger partial charge in [0.05, 0.1) is 0 Å². The van der Waals surface area contributed by atoms with E-state index in [-0.39, 0.29) is 5.78 Å². The Bertz CT molecular complexity index is 1370. The lowest BCUT2D eigenvalue weighted by atomic mass is 9.93. The Hall–Kier alpha value is -2.75. The van der Waals surface area contributed by atoms with Crippen LogP contribution in [0.5, 0.6) is 0 Å². The molecule has 0 fully saturated rings. The summed E-state index contributed by atoms with van der Waals surface area (Å²) in [6.45, 7) is 0. The zero-order valence-corrected chi connectivity index (χ0v) is 18.9. The fourth-order valence-corrected chi connectivity index (χ4v) is 5.54. The average Bonchev–Trinajstić information content (AvgIpc) is 3.22. The van der Waals surface area contributed by atoms with Crippen molar-refractivity contribution in [3.8, 4) is 0 Å². The summed E-state index contributed by atoms with van der Waals surface area (Å²) in [6, 6.07) is 28.8. The lowest BCUT2D eigenvalue weighted by Gasteiger charge is -2.09. The maximum atomic E-state index is 13.9. The molecule has 0 unspecified atom stereocenters. The number of ketones is 1. The highest BCUT2D eigenvalue weighted by Crippen LogP contribution is 2.56. The van der Waals surface area contributed by atoms with Gasteiger partial charge in [-0.25, -0.2) is 0 Å². The van der Waals surface area contributed by atoms with Crippen molar-refractivity contribution < 1.29 is 4.79 Å². The molecule has 0 amide bonds. The molecule has 0 spiro atoms. The van der Waals surface area contributed by atoms with E-state index in [1.165, 1.54) is 10.8 Å². The lowest BCUT2D eigenvalue weighted by molar-refractivity contribution is -0.108. The van der Waals surface area contributed by atoms with Crippen molar-refractivity contribution in [3.63, 3.8) is 0 Å². The van der Waals surface area contributed by atoms with Gasteiger partial charge in [0.2, 0.25) is 0 Å². The van der Waals surface area contributed by atoms with E-state index < -0.39 is 0 Å². The average molecular weight is 514 g/mol. The third kappa shape index (κ3) is 2.49. The molecule has 2 aliphatic carbocycles. The molecule has 0 saturated carbocycles. The number of carbonyl (C=O) groups is 1. The van der Waals surface area contributed by atoms with Gasteiger partial charge in [-0.1, -0.05) is 92.5 Å². The van der Waals surface area contributed by atoms with Crippen LogP contribution in [-0.2, 0) is 4.79 Å². The van der Waals surface area contributed by atoms with Gasteiger partial charge < -0.3 is 0 Å². The van der Waals surface area contributed by atoms with Crippen molar-refractivity contribution >= 4 is 70.7 Å². The molecule has 4 aromatic rings. The number of fused-ring (bicyclic) bond motifs is 3. The fraction of sp³-hybridized carbons (Fsp3) is 0. The molecule has 6 rings (SSSR count). The fourth-order valence-electron chi connectivity index (χ4n) is 4.74. The van der Waals surface area contributed by atoms with Gasteiger partial charge in [0.15, 0.2) is 5.78 Å². The summed E-state index contributed by atoms with van der Waals surface area (Å²) < 4.78 is 1.93. The molecule has 0 aliphatic heterocycles. The summed E-state index contributed by atoms with van der Waals surface area (Å²) in [6.07, 6.45) is 0. The third-order valence-corrected chi connectivity index (χ3v) is 6.86. The van der Waals surface area contributed by atoms with Gasteiger partial charge in [-0.05, 0) is 57.3 Å². The van der Waals surface area contributed by atoms with Crippen molar-refractivity contribution in [1.82, 2.24) is 0 Å². The number of rotatable bonds is 2. The van der Waals surface area contributed by atoms with Crippen LogP contribution < -0.4 is 0 Å². The zero-order chi connectivity index (χ0) is 20.4. The minimum atomic E-state index is 0.0858. The standard InChI is InChI=1S/C27H14Br2O/c28-18-9-1-7-16(13-18)23-25-20-11-3-5-15-6-4-12-21(22(15)20)26(25)24(27(23)30)17-8-2-10-19(29)14-17/h1-14H. The Balaban J connectivity index is 1.75. The van der Waals surface area contributed by atoms with Gasteiger partial charge in [0, 0.05) is 31.2 Å². The molecule has 3 heteroatoms. The Morgan fingerprint density at radius 2 is 1.00 bits per heavy atom. The summed E-state index contributed by atoms with van der Waals surface area (Å²) in [5.41, 5.74) is 7.85. The van der Waals surface area contributed by atoms with E-state index in [1.54, 1.807) is 0 Å². The minimum Gasteiger partial charge on any atom is -0.289 e. The minimum absolute atomic E-state index is 0.0858. The normalized spacial score (nSPS) is 14.8. The van der Waals surface area contributed by atoms with E-state index in [4.69, 9.17) is 0 Å². The first-order valence-electron chi connectivity index (χ1n) is 9.71. The molecular weight excluding hydrogens is 500 g/mol. The largest absolute Gasteiger partial charge is 0.289 e. The number of carbonyl (C=O) groups excluding carboxylic acids is 1. The highest BCUT2D eigenvalue weighted by Gasteiger charge is 2.40. The van der Waals surface area contributed by atoms with Crippen LogP contribution in [0.15, 0.2) is 93.9 Å². The number of halogens is 2. The van der Waals surface area contributed by atoms with Crippen LogP contribution in [0.25, 0.3) is 33.1 Å². The highest BCUT2D eigenvalue weighted by molar-refractivity contribution is 9.10. The first-order valence-corrected chi connectivity index (χ1v) is 11.3. The molecule has 0 bridgehead atoms. The zero-order valence-electron chi connectivity index (χ0n) is 15.7. The maximum absolute atomic E-state index is 13.9. The molecule has 1 nitrogen and oxygen atoms in total. The molecule has 0 N–H and O–H groups in total. The summed E-state index contributed by atoms with van der Waals surface area (Å²) in [7, 11) is 0. The number of hydrogen-bond donors (Lipinski definition) is 0. The predicted octanol–water partition coefficient (Wildman–Crippen LogP) is 7.78. The van der Waals surface area contributed by atoms with Crippen LogP contribution in [0.1, 0.15) is 22.3 Å². The van der Waals surface area contributed by atoms with E-state index in [0.717, 1.165) is 53.5 Å². The summed E-state index contributed by atoms with van der Waals surface area (Å²) in [5, 5.41) is 2.44. The molecule has 0 radical (unpaired) electrons. The monoisotopic (exact) mass is 512 g/mol. The van der Waals surface area contributed by atoms with Crippen LogP contribution in [-0.4, -0.2) is 5.78 Å². The molecule has 0 atom stereocenters. The van der Waals surface area contributed by atoms with Crippen molar-refractivity contribution in [2.24, 2.45) is 0 Å². The SMILES string of the molecule is O=C1C(c2cccc(Br)c2)=C2C(=C1c1cccc(Br)c1)c1cccc3cccc2c13. The number of allylic oxidation sites excluding steroid dienone is 4. The van der Waals surface area contributed by atoms with Crippen LogP contribution in [0.2, 0.25) is 0 Å². The van der Waals surface area contributed by atoms with Crippen LogP contribution in [0.4, 0.5) is 0 Å². The second-order valence-corrected chi connectivity index (χ2v) is 9.39. The van der Waals surface area contributed by atoms with E-state index in [1.807, 2.05) is 48.5 Å². The number of benzene rings is 4. The van der Waals surface area contributed by atoms with Crippen molar-refractivity contribution in [3.05, 3.63) is 116 Å². The Morgan fingerprint density at radius 3 is 1.47 bits per heavy atom. The van der Waals surface area contributed by atoms with Crippen molar-refractivity contribution in [2.75, 3.05) is 0 Å². The Morgan fingerprint density at radius 1 is 0.533 bits per heavy atom. The number of hydrogen-bond acceptors (Lipinski definition) is 1. The summed E-state index contributed by atoms with van der Waals surface area (Å²) >= 11 is 7.15. The third-order valence-electron chi connectivity index (χ3n) is 5.87. The first-order chi connectivity index (χ1) is 14.6. The van der Waals surface area contributed by atoms with E-state index >= 15 is 0 Å². The Labute approximate surface area is 191 Å². The lowest BCUT2D eigenvalue weighted by Crippen LogP contribution is -2.02. The van der Waals surface area contributed by atoms with Gasteiger partial charge in [0.25, 0.3) is 0 Å². The van der Waals surface area contributed by atoms with Gasteiger partial charge in [-0.3, -0.25) is 4.79 Å². The van der Waals surface area contributed by atoms with Gasteiger partial charge in [0.1, 0.15) is 0 Å². The maximum Gasteiger partial charge on any atom is 0.195 e. The van der Waals surface area contributed by atoms with Crippen molar-refractivity contribution in [2.45, 2.75) is 0 Å². The Kier molecular flexibility index (Phi) is 3.99. The number of Topliss-reactive ketones (excluding diaryl/α,β-unsaturated/α-hetero) is 1. The highest BCUT2D eigenvalue weighted by atomic mass is 79.9. The predicted molar refractivity (Wildman–Crippen MR) is 131 cm³/mol. The molecule has 2 aliphatic rings. The molecule has 0 aromatic heterocycles. The van der Waals surface area contributed by atoms with Crippen LogP contribution in [0.3, 0.4) is 0 Å². The molecule has 0 saturated heterocycles. The topological polar surface area (TPSA) is 17.1 Å². The van der Waals surface area contributed by atoms with Crippen LogP contribution in [0, 0.1) is 0 Å². The van der Waals surface area contributed by atoms with E-state index in [0.29, 0.717) is 0 Å². The van der Waals surface area contributed by atoms with Gasteiger partial charge in [-0.2, -0.15) is 0 Å². The smallest absolute Gasteiger partial charge is 0.195 e. The van der Waals surface area contributed by atoms with Gasteiger partial charge in [-0.15, -0.1) is 0 Å². The summed E-state index contributed by atoms with van der Waals surface area (Å²) in [5.74, 6) is 0.0858. The van der Waals surface area contributed by atoms with Crippen molar-refractivity contribution in [1.29, 1.82) is 0 Å².